The number of thiophene rings is 1. The van der Waals surface area contributed by atoms with Gasteiger partial charge in [-0.05, 0) is 68.9 Å². The molecular weight excluding hydrogens is 410 g/mol. The molecule has 2 heterocycles. The summed E-state index contributed by atoms with van der Waals surface area (Å²) in [6.45, 7) is 8.16. The quantitative estimate of drug-likeness (QED) is 0.215. The van der Waals surface area contributed by atoms with Gasteiger partial charge in [0.1, 0.15) is 0 Å². The number of fused-ring (bicyclic) bond motifs is 1. The smallest absolute Gasteiger partial charge is 0.0734 e. The van der Waals surface area contributed by atoms with Crippen LogP contribution in [0, 0.1) is 20.8 Å². The molecule has 0 amide bonds. The first kappa shape index (κ1) is 24.9. The second-order valence-corrected chi connectivity index (χ2v) is 10.7. The van der Waals surface area contributed by atoms with E-state index in [1.807, 2.05) is 23.6 Å². The van der Waals surface area contributed by atoms with Gasteiger partial charge in [-0.15, -0.1) is 11.3 Å². The minimum absolute atomic E-state index is 0.689. The highest BCUT2D eigenvalue weighted by molar-refractivity contribution is 7.12. The van der Waals surface area contributed by atoms with Crippen molar-refractivity contribution >= 4 is 22.2 Å². The van der Waals surface area contributed by atoms with Crippen molar-refractivity contribution in [1.82, 2.24) is 4.98 Å². The van der Waals surface area contributed by atoms with Gasteiger partial charge in [-0.2, -0.15) is 0 Å². The number of pyridine rings is 1. The fourth-order valence-electron chi connectivity index (χ4n) is 4.55. The van der Waals surface area contributed by atoms with Crippen LogP contribution < -0.4 is 0 Å². The SMILES string of the molecule is Cc1cc(CCCCCCCCCCCCOCc2ccc(C)c3ncccc23)c(C)s1. The lowest BCUT2D eigenvalue weighted by Crippen LogP contribution is -1.97. The fourth-order valence-corrected chi connectivity index (χ4v) is 5.52. The van der Waals surface area contributed by atoms with Crippen LogP contribution in [-0.2, 0) is 17.8 Å². The molecular formula is C29H41NOS. The predicted molar refractivity (Wildman–Crippen MR) is 140 cm³/mol. The summed E-state index contributed by atoms with van der Waals surface area (Å²) in [7, 11) is 0. The topological polar surface area (TPSA) is 22.1 Å². The summed E-state index contributed by atoms with van der Waals surface area (Å²) in [5.41, 5.74) is 5.16. The largest absolute Gasteiger partial charge is 0.377 e. The van der Waals surface area contributed by atoms with Crippen molar-refractivity contribution in [2.45, 2.75) is 98.0 Å². The predicted octanol–water partition coefficient (Wildman–Crippen LogP) is 8.88. The number of aryl methyl sites for hydroxylation is 4. The maximum absolute atomic E-state index is 5.96. The van der Waals surface area contributed by atoms with Crippen molar-refractivity contribution in [2.75, 3.05) is 6.61 Å². The molecule has 0 unspecified atom stereocenters. The lowest BCUT2D eigenvalue weighted by atomic mass is 10.0. The Bertz CT molecular complexity index is 945. The van der Waals surface area contributed by atoms with Crippen LogP contribution >= 0.6 is 11.3 Å². The molecule has 174 valence electrons. The highest BCUT2D eigenvalue weighted by atomic mass is 32.1. The number of hydrogen-bond acceptors (Lipinski definition) is 3. The Morgan fingerprint density at radius 2 is 1.47 bits per heavy atom. The highest BCUT2D eigenvalue weighted by Crippen LogP contribution is 2.23. The van der Waals surface area contributed by atoms with E-state index in [-0.39, 0.29) is 0 Å². The van der Waals surface area contributed by atoms with Crippen LogP contribution in [0.1, 0.15) is 90.7 Å². The van der Waals surface area contributed by atoms with Crippen LogP contribution in [0.15, 0.2) is 36.5 Å². The van der Waals surface area contributed by atoms with E-state index < -0.39 is 0 Å². The molecule has 0 fully saturated rings. The van der Waals surface area contributed by atoms with Crippen molar-refractivity contribution in [3.8, 4) is 0 Å². The molecule has 3 rings (SSSR count). The Balaban J connectivity index is 1.14. The van der Waals surface area contributed by atoms with Gasteiger partial charge in [-0.3, -0.25) is 4.98 Å². The molecule has 32 heavy (non-hydrogen) atoms. The number of hydrogen-bond donors (Lipinski definition) is 0. The minimum Gasteiger partial charge on any atom is -0.377 e. The van der Waals surface area contributed by atoms with E-state index in [2.05, 4.69) is 50.0 Å². The van der Waals surface area contributed by atoms with Gasteiger partial charge < -0.3 is 4.74 Å². The summed E-state index contributed by atoms with van der Waals surface area (Å²) in [5, 5.41) is 1.23. The standard InChI is InChI=1S/C29H41NOS/c1-23-17-18-27(28-16-14-19-30-29(23)28)22-31-20-13-11-9-7-5-4-6-8-10-12-15-26-21-24(2)32-25(26)3/h14,16-19,21H,4-13,15,20,22H2,1-3H3. The van der Waals surface area contributed by atoms with Crippen LogP contribution in [0.4, 0.5) is 0 Å². The summed E-state index contributed by atoms with van der Waals surface area (Å²) < 4.78 is 5.96. The summed E-state index contributed by atoms with van der Waals surface area (Å²) in [6, 6.07) is 10.9. The Morgan fingerprint density at radius 3 is 2.16 bits per heavy atom. The maximum Gasteiger partial charge on any atom is 0.0734 e. The molecule has 0 aliphatic carbocycles. The maximum atomic E-state index is 5.96. The molecule has 0 atom stereocenters. The van der Waals surface area contributed by atoms with E-state index in [0.29, 0.717) is 6.61 Å². The number of rotatable bonds is 15. The van der Waals surface area contributed by atoms with E-state index in [9.17, 15) is 0 Å². The molecule has 0 spiro atoms. The van der Waals surface area contributed by atoms with Crippen LogP contribution in [0.25, 0.3) is 10.9 Å². The first-order valence-corrected chi connectivity index (χ1v) is 13.4. The van der Waals surface area contributed by atoms with Crippen molar-refractivity contribution in [3.63, 3.8) is 0 Å². The molecule has 0 radical (unpaired) electrons. The van der Waals surface area contributed by atoms with E-state index in [0.717, 1.165) is 12.1 Å². The van der Waals surface area contributed by atoms with Gasteiger partial charge in [-0.1, -0.05) is 69.6 Å². The van der Waals surface area contributed by atoms with Crippen LogP contribution in [0.2, 0.25) is 0 Å². The molecule has 2 nitrogen and oxygen atoms in total. The normalized spacial score (nSPS) is 11.5. The van der Waals surface area contributed by atoms with Crippen molar-refractivity contribution in [2.24, 2.45) is 0 Å². The molecule has 0 aliphatic heterocycles. The summed E-state index contributed by atoms with van der Waals surface area (Å²) in [4.78, 5) is 7.50. The van der Waals surface area contributed by atoms with E-state index in [1.165, 1.54) is 96.9 Å². The third-order valence-electron chi connectivity index (χ3n) is 6.45. The summed E-state index contributed by atoms with van der Waals surface area (Å²) >= 11 is 1.94. The van der Waals surface area contributed by atoms with Crippen LogP contribution in [0.3, 0.4) is 0 Å². The number of ether oxygens (including phenoxy) is 1. The van der Waals surface area contributed by atoms with Crippen molar-refractivity contribution in [1.29, 1.82) is 0 Å². The third kappa shape index (κ3) is 8.01. The number of unbranched alkanes of at least 4 members (excludes halogenated alkanes) is 9. The molecule has 2 aromatic heterocycles. The second kappa shape index (κ2) is 13.7. The second-order valence-electron chi connectivity index (χ2n) is 9.22. The number of nitrogens with zero attached hydrogens (tertiary/aromatic N) is 1. The van der Waals surface area contributed by atoms with Gasteiger partial charge in [0.15, 0.2) is 0 Å². The Morgan fingerprint density at radius 1 is 0.781 bits per heavy atom. The summed E-state index contributed by atoms with van der Waals surface area (Å²) in [6.07, 6.45) is 16.7. The van der Waals surface area contributed by atoms with Gasteiger partial charge in [0.25, 0.3) is 0 Å². The summed E-state index contributed by atoms with van der Waals surface area (Å²) in [5.74, 6) is 0. The lowest BCUT2D eigenvalue weighted by Gasteiger charge is -2.09. The van der Waals surface area contributed by atoms with E-state index >= 15 is 0 Å². The van der Waals surface area contributed by atoms with Crippen LogP contribution in [0.5, 0.6) is 0 Å². The Hall–Kier alpha value is -1.71. The first-order chi connectivity index (χ1) is 15.6. The van der Waals surface area contributed by atoms with E-state index in [4.69, 9.17) is 4.74 Å². The number of benzene rings is 1. The van der Waals surface area contributed by atoms with Gasteiger partial charge in [-0.25, -0.2) is 0 Å². The molecule has 0 aliphatic rings. The average molecular weight is 452 g/mol. The molecule has 0 bridgehead atoms. The van der Waals surface area contributed by atoms with Crippen molar-refractivity contribution in [3.05, 3.63) is 63.0 Å². The molecule has 1 aromatic carbocycles. The zero-order valence-electron chi connectivity index (χ0n) is 20.4. The average Bonchev–Trinajstić information content (AvgIpc) is 3.12. The van der Waals surface area contributed by atoms with E-state index in [1.54, 1.807) is 5.56 Å². The van der Waals surface area contributed by atoms with Gasteiger partial charge in [0.05, 0.1) is 12.1 Å². The van der Waals surface area contributed by atoms with Crippen molar-refractivity contribution < 1.29 is 4.74 Å². The molecule has 0 saturated heterocycles. The first-order valence-electron chi connectivity index (χ1n) is 12.6. The number of aromatic nitrogens is 1. The molecule has 0 N–H and O–H groups in total. The molecule has 0 saturated carbocycles. The van der Waals surface area contributed by atoms with Gasteiger partial charge in [0, 0.05) is 27.9 Å². The Labute approximate surface area is 199 Å². The van der Waals surface area contributed by atoms with Gasteiger partial charge >= 0.3 is 0 Å². The van der Waals surface area contributed by atoms with Gasteiger partial charge in [0.2, 0.25) is 0 Å². The fraction of sp³-hybridized carbons (Fsp3) is 0.552. The highest BCUT2D eigenvalue weighted by Gasteiger charge is 2.05. The minimum atomic E-state index is 0.689. The van der Waals surface area contributed by atoms with Crippen LogP contribution in [-0.4, -0.2) is 11.6 Å². The molecule has 3 heteroatoms. The molecule has 3 aromatic rings. The third-order valence-corrected chi connectivity index (χ3v) is 7.46. The monoisotopic (exact) mass is 451 g/mol. The zero-order chi connectivity index (χ0) is 22.6. The lowest BCUT2D eigenvalue weighted by molar-refractivity contribution is 0.117. The Kier molecular flexibility index (Phi) is 10.7. The zero-order valence-corrected chi connectivity index (χ0v) is 21.2.